The SMILES string of the molecule is CSc1nc2nc(C)c(CC(=O)N3CCCc4cc(S(C)(=O)=O)ccc43)c(C)n2n1. The molecule has 0 unspecified atom stereocenters. The summed E-state index contributed by atoms with van der Waals surface area (Å²) in [5.74, 6) is 0.489. The van der Waals surface area contributed by atoms with Gasteiger partial charge in [-0.15, -0.1) is 5.10 Å². The van der Waals surface area contributed by atoms with E-state index in [0.717, 1.165) is 41.0 Å². The molecule has 1 aromatic carbocycles. The third-order valence-corrected chi connectivity index (χ3v) is 7.09. The molecule has 0 saturated carbocycles. The Morgan fingerprint density at radius 1 is 1.23 bits per heavy atom. The normalized spacial score (nSPS) is 14.2. The number of hydrogen-bond acceptors (Lipinski definition) is 7. The van der Waals surface area contributed by atoms with E-state index in [1.54, 1.807) is 27.6 Å². The third-order valence-electron chi connectivity index (χ3n) is 5.44. The number of carbonyl (C=O) groups is 1. The van der Waals surface area contributed by atoms with Crippen molar-refractivity contribution in [1.29, 1.82) is 0 Å². The van der Waals surface area contributed by atoms with Crippen LogP contribution in [0.15, 0.2) is 28.3 Å². The van der Waals surface area contributed by atoms with Crippen LogP contribution in [0.5, 0.6) is 0 Å². The molecule has 158 valence electrons. The van der Waals surface area contributed by atoms with Gasteiger partial charge >= 0.3 is 0 Å². The zero-order valence-corrected chi connectivity index (χ0v) is 19.0. The molecule has 10 heteroatoms. The second-order valence-electron chi connectivity index (χ2n) is 7.46. The van der Waals surface area contributed by atoms with Crippen molar-refractivity contribution in [2.45, 2.75) is 43.2 Å². The van der Waals surface area contributed by atoms with Gasteiger partial charge in [0.2, 0.25) is 11.1 Å². The molecule has 0 saturated heterocycles. The molecule has 0 aliphatic carbocycles. The second-order valence-corrected chi connectivity index (χ2v) is 10.2. The quantitative estimate of drug-likeness (QED) is 0.569. The maximum atomic E-state index is 13.2. The van der Waals surface area contributed by atoms with Crippen molar-refractivity contribution in [3.05, 3.63) is 40.7 Å². The van der Waals surface area contributed by atoms with Crippen molar-refractivity contribution in [1.82, 2.24) is 19.6 Å². The molecule has 4 rings (SSSR count). The van der Waals surface area contributed by atoms with E-state index in [9.17, 15) is 13.2 Å². The van der Waals surface area contributed by atoms with E-state index in [4.69, 9.17) is 0 Å². The molecule has 0 N–H and O–H groups in total. The van der Waals surface area contributed by atoms with E-state index >= 15 is 0 Å². The molecule has 0 atom stereocenters. The number of aromatic nitrogens is 4. The number of thioether (sulfide) groups is 1. The Labute approximate surface area is 179 Å². The van der Waals surface area contributed by atoms with Crippen molar-refractivity contribution in [3.63, 3.8) is 0 Å². The van der Waals surface area contributed by atoms with Crippen LogP contribution >= 0.6 is 11.8 Å². The van der Waals surface area contributed by atoms with E-state index in [2.05, 4.69) is 15.1 Å². The molecule has 0 spiro atoms. The summed E-state index contributed by atoms with van der Waals surface area (Å²) in [5.41, 5.74) is 4.13. The number of sulfone groups is 1. The molecule has 1 aliphatic heterocycles. The Morgan fingerprint density at radius 3 is 2.70 bits per heavy atom. The highest BCUT2D eigenvalue weighted by Gasteiger charge is 2.25. The number of nitrogens with zero attached hydrogens (tertiary/aromatic N) is 5. The number of amides is 1. The molecule has 2 aromatic heterocycles. The van der Waals surface area contributed by atoms with Gasteiger partial charge in [-0.2, -0.15) is 4.98 Å². The predicted molar refractivity (Wildman–Crippen MR) is 116 cm³/mol. The first kappa shape index (κ1) is 20.8. The molecule has 0 radical (unpaired) electrons. The van der Waals surface area contributed by atoms with E-state index in [1.807, 2.05) is 20.1 Å². The summed E-state index contributed by atoms with van der Waals surface area (Å²) in [6, 6.07) is 5.00. The van der Waals surface area contributed by atoms with E-state index in [0.29, 0.717) is 17.5 Å². The highest BCUT2D eigenvalue weighted by atomic mass is 32.2. The molecule has 3 aromatic rings. The van der Waals surface area contributed by atoms with E-state index < -0.39 is 9.84 Å². The standard InChI is InChI=1S/C20H23N5O3S2/c1-12-16(13(2)25-19(21-12)22-20(23-25)29-3)11-18(26)24-9-5-6-14-10-15(30(4,27)28)7-8-17(14)24/h7-8,10H,5-6,9,11H2,1-4H3. The highest BCUT2D eigenvalue weighted by Crippen LogP contribution is 2.30. The molecular formula is C20H23N5O3S2. The Bertz CT molecular complexity index is 1270. The third kappa shape index (κ3) is 3.69. The van der Waals surface area contributed by atoms with Gasteiger partial charge in [0.1, 0.15) is 0 Å². The van der Waals surface area contributed by atoms with Crippen LogP contribution in [0.3, 0.4) is 0 Å². The van der Waals surface area contributed by atoms with Gasteiger partial charge in [-0.3, -0.25) is 4.79 Å². The second kappa shape index (κ2) is 7.66. The first-order valence-corrected chi connectivity index (χ1v) is 12.7. The topological polar surface area (TPSA) is 97.5 Å². The van der Waals surface area contributed by atoms with Crippen molar-refractivity contribution >= 4 is 39.0 Å². The molecule has 30 heavy (non-hydrogen) atoms. The molecular weight excluding hydrogens is 422 g/mol. The number of anilines is 1. The summed E-state index contributed by atoms with van der Waals surface area (Å²) in [6.45, 7) is 4.41. The van der Waals surface area contributed by atoms with Crippen LogP contribution in [0, 0.1) is 13.8 Å². The van der Waals surface area contributed by atoms with Crippen LogP contribution in [0.4, 0.5) is 5.69 Å². The van der Waals surface area contributed by atoms with Gasteiger partial charge in [-0.1, -0.05) is 11.8 Å². The summed E-state index contributed by atoms with van der Waals surface area (Å²) < 4.78 is 25.4. The number of carbonyl (C=O) groups excluding carboxylic acids is 1. The van der Waals surface area contributed by atoms with Crippen LogP contribution in [0.2, 0.25) is 0 Å². The van der Waals surface area contributed by atoms with Gasteiger partial charge in [-0.25, -0.2) is 17.9 Å². The summed E-state index contributed by atoms with van der Waals surface area (Å²) in [5, 5.41) is 5.08. The first-order valence-electron chi connectivity index (χ1n) is 9.59. The summed E-state index contributed by atoms with van der Waals surface area (Å²) in [4.78, 5) is 24.2. The summed E-state index contributed by atoms with van der Waals surface area (Å²) in [6.07, 6.45) is 4.85. The molecule has 8 nitrogen and oxygen atoms in total. The van der Waals surface area contributed by atoms with Gasteiger partial charge in [0.15, 0.2) is 9.84 Å². The fourth-order valence-electron chi connectivity index (χ4n) is 3.84. The minimum atomic E-state index is -3.28. The number of hydrogen-bond donors (Lipinski definition) is 0. The highest BCUT2D eigenvalue weighted by molar-refractivity contribution is 7.98. The largest absolute Gasteiger partial charge is 0.312 e. The Kier molecular flexibility index (Phi) is 5.31. The Balaban J connectivity index is 1.67. The molecule has 1 aliphatic rings. The molecule has 1 amide bonds. The Morgan fingerprint density at radius 2 is 2.00 bits per heavy atom. The van der Waals surface area contributed by atoms with Crippen LogP contribution in [0.25, 0.3) is 5.78 Å². The minimum absolute atomic E-state index is 0.0411. The fraction of sp³-hybridized carbons (Fsp3) is 0.400. The average Bonchev–Trinajstić information content (AvgIpc) is 3.12. The van der Waals surface area contributed by atoms with Crippen LogP contribution in [-0.2, 0) is 27.5 Å². The lowest BCUT2D eigenvalue weighted by Gasteiger charge is -2.30. The Hall–Kier alpha value is -2.46. The van der Waals surface area contributed by atoms with Gasteiger partial charge < -0.3 is 4.90 Å². The van der Waals surface area contributed by atoms with Crippen LogP contribution < -0.4 is 4.90 Å². The lowest BCUT2D eigenvalue weighted by Crippen LogP contribution is -2.37. The predicted octanol–water partition coefficient (Wildman–Crippen LogP) is 2.39. The molecule has 0 bridgehead atoms. The van der Waals surface area contributed by atoms with Gasteiger partial charge in [0, 0.05) is 35.4 Å². The number of rotatable bonds is 4. The number of benzene rings is 1. The fourth-order valence-corrected chi connectivity index (χ4v) is 4.85. The summed E-state index contributed by atoms with van der Waals surface area (Å²) >= 11 is 1.45. The van der Waals surface area contributed by atoms with Crippen LogP contribution in [-0.4, -0.2) is 53.0 Å². The monoisotopic (exact) mass is 445 g/mol. The maximum Gasteiger partial charge on any atom is 0.253 e. The van der Waals surface area contributed by atoms with E-state index in [1.165, 1.54) is 18.0 Å². The maximum absolute atomic E-state index is 13.2. The van der Waals surface area contributed by atoms with Crippen molar-refractivity contribution < 1.29 is 13.2 Å². The minimum Gasteiger partial charge on any atom is -0.312 e. The lowest BCUT2D eigenvalue weighted by molar-refractivity contribution is -0.118. The lowest BCUT2D eigenvalue weighted by atomic mass is 10.0. The average molecular weight is 446 g/mol. The van der Waals surface area contributed by atoms with Crippen molar-refractivity contribution in [2.75, 3.05) is 24.0 Å². The van der Waals surface area contributed by atoms with E-state index in [-0.39, 0.29) is 17.2 Å². The first-order chi connectivity index (χ1) is 14.2. The molecule has 0 fully saturated rings. The number of fused-ring (bicyclic) bond motifs is 2. The zero-order chi connectivity index (χ0) is 21.6. The van der Waals surface area contributed by atoms with Gasteiger partial charge in [0.05, 0.1) is 11.3 Å². The van der Waals surface area contributed by atoms with Crippen molar-refractivity contribution in [2.24, 2.45) is 0 Å². The van der Waals surface area contributed by atoms with Gasteiger partial charge in [-0.05, 0) is 56.7 Å². The van der Waals surface area contributed by atoms with Crippen molar-refractivity contribution in [3.8, 4) is 0 Å². The van der Waals surface area contributed by atoms with Crippen LogP contribution in [0.1, 0.15) is 28.9 Å². The summed E-state index contributed by atoms with van der Waals surface area (Å²) in [7, 11) is -3.28. The smallest absolute Gasteiger partial charge is 0.253 e. The molecule has 3 heterocycles. The van der Waals surface area contributed by atoms with Gasteiger partial charge in [0.25, 0.3) is 5.78 Å². The zero-order valence-electron chi connectivity index (χ0n) is 17.3. The number of aryl methyl sites for hydroxylation is 3.